The zero-order valence-electron chi connectivity index (χ0n) is 18.9. The van der Waals surface area contributed by atoms with Gasteiger partial charge in [-0.1, -0.05) is 12.1 Å². The topological polar surface area (TPSA) is 88.1 Å². The molecular formula is C27H23F2N3O3. The van der Waals surface area contributed by atoms with Gasteiger partial charge in [-0.05, 0) is 74.4 Å². The minimum absolute atomic E-state index is 0.176. The summed E-state index contributed by atoms with van der Waals surface area (Å²) in [5, 5.41) is 9.57. The van der Waals surface area contributed by atoms with Crippen LogP contribution in [-0.2, 0) is 4.79 Å². The molecule has 2 bridgehead atoms. The number of hydrogen-bond acceptors (Lipinski definition) is 4. The number of aromatic nitrogens is 3. The highest BCUT2D eigenvalue weighted by molar-refractivity contribution is 5.80. The van der Waals surface area contributed by atoms with Gasteiger partial charge in [0.25, 0.3) is 0 Å². The van der Waals surface area contributed by atoms with E-state index >= 15 is 0 Å². The molecular weight excluding hydrogens is 452 g/mol. The molecule has 2 aromatic carbocycles. The first-order valence-electron chi connectivity index (χ1n) is 11.7. The monoisotopic (exact) mass is 475 g/mol. The van der Waals surface area contributed by atoms with E-state index in [2.05, 4.69) is 15.0 Å². The van der Waals surface area contributed by atoms with E-state index in [1.807, 2.05) is 6.07 Å². The summed E-state index contributed by atoms with van der Waals surface area (Å²) in [7, 11) is 0. The third kappa shape index (κ3) is 3.64. The molecule has 178 valence electrons. The summed E-state index contributed by atoms with van der Waals surface area (Å²) in [5.74, 6) is -0.883. The lowest BCUT2D eigenvalue weighted by atomic mass is 9.58. The van der Waals surface area contributed by atoms with Gasteiger partial charge >= 0.3 is 5.97 Å². The Kier molecular flexibility index (Phi) is 4.88. The summed E-state index contributed by atoms with van der Waals surface area (Å²) in [4.78, 5) is 23.3. The Balaban J connectivity index is 1.20. The van der Waals surface area contributed by atoms with Crippen molar-refractivity contribution in [3.05, 3.63) is 66.4 Å². The van der Waals surface area contributed by atoms with E-state index in [1.165, 1.54) is 12.1 Å². The number of ether oxygens (including phenoxy) is 1. The number of halogens is 2. The second-order valence-electron chi connectivity index (χ2n) is 9.67. The largest absolute Gasteiger partial charge is 0.481 e. The molecule has 6 nitrogen and oxygen atoms in total. The molecule has 4 aromatic rings. The van der Waals surface area contributed by atoms with E-state index in [1.54, 1.807) is 36.5 Å². The zero-order chi connectivity index (χ0) is 24.2. The molecule has 0 amide bonds. The van der Waals surface area contributed by atoms with Crippen LogP contribution in [0.5, 0.6) is 5.88 Å². The number of fused-ring (bicyclic) bond motifs is 4. The van der Waals surface area contributed by atoms with Crippen molar-refractivity contribution in [3.63, 3.8) is 0 Å². The van der Waals surface area contributed by atoms with Gasteiger partial charge in [0.05, 0.1) is 16.5 Å². The predicted octanol–water partition coefficient (Wildman–Crippen LogP) is 6.13. The molecule has 35 heavy (non-hydrogen) atoms. The van der Waals surface area contributed by atoms with Crippen molar-refractivity contribution < 1.29 is 23.4 Å². The van der Waals surface area contributed by atoms with Crippen LogP contribution in [0.1, 0.15) is 38.5 Å². The van der Waals surface area contributed by atoms with Crippen molar-refractivity contribution >= 4 is 17.0 Å². The first-order chi connectivity index (χ1) is 16.9. The maximum atomic E-state index is 15.0. The standard InChI is InChI=1S/C27H23F2N3O3/c28-19-2-1-3-21-23(19)32-24(31-21)18-6-4-16(14-20(18)29)17-5-7-22(30-15-17)35-27-11-8-26(9-12-27,10-13-27)25(33)34/h1-7,14-15H,8-13H2,(H,31,32)(H,33,34). The Morgan fingerprint density at radius 3 is 2.31 bits per heavy atom. The third-order valence-corrected chi connectivity index (χ3v) is 7.71. The summed E-state index contributed by atoms with van der Waals surface area (Å²) in [6, 6.07) is 13.0. The number of aromatic amines is 1. The number of benzene rings is 2. The normalized spacial score (nSPS) is 23.5. The minimum Gasteiger partial charge on any atom is -0.481 e. The summed E-state index contributed by atoms with van der Waals surface area (Å²) < 4.78 is 35.2. The smallest absolute Gasteiger partial charge is 0.309 e. The van der Waals surface area contributed by atoms with Crippen LogP contribution in [-0.4, -0.2) is 31.6 Å². The number of carboxylic acids is 1. The van der Waals surface area contributed by atoms with Gasteiger partial charge in [0.2, 0.25) is 5.88 Å². The number of hydrogen-bond donors (Lipinski definition) is 2. The van der Waals surface area contributed by atoms with E-state index in [4.69, 9.17) is 4.74 Å². The fraction of sp³-hybridized carbons (Fsp3) is 0.296. The van der Waals surface area contributed by atoms with Gasteiger partial charge in [-0.15, -0.1) is 0 Å². The van der Waals surface area contributed by atoms with Gasteiger partial charge in [-0.2, -0.15) is 0 Å². The summed E-state index contributed by atoms with van der Waals surface area (Å²) in [5.41, 5.74) is 1.37. The van der Waals surface area contributed by atoms with Gasteiger partial charge in [-0.25, -0.2) is 18.7 Å². The first kappa shape index (κ1) is 21.7. The zero-order valence-corrected chi connectivity index (χ0v) is 18.9. The minimum atomic E-state index is -0.695. The molecule has 2 heterocycles. The van der Waals surface area contributed by atoms with Gasteiger partial charge in [0.15, 0.2) is 5.82 Å². The Morgan fingerprint density at radius 2 is 1.69 bits per heavy atom. The quantitative estimate of drug-likeness (QED) is 0.363. The van der Waals surface area contributed by atoms with Crippen LogP contribution >= 0.6 is 0 Å². The number of carbonyl (C=O) groups is 1. The van der Waals surface area contributed by atoms with Crippen LogP contribution in [0.3, 0.4) is 0 Å². The molecule has 0 atom stereocenters. The van der Waals surface area contributed by atoms with Crippen LogP contribution in [0.2, 0.25) is 0 Å². The number of aliphatic carboxylic acids is 1. The third-order valence-electron chi connectivity index (χ3n) is 7.71. The Bertz CT molecular complexity index is 1420. The summed E-state index contributed by atoms with van der Waals surface area (Å²) in [6.45, 7) is 0. The van der Waals surface area contributed by atoms with E-state index in [0.29, 0.717) is 55.5 Å². The average molecular weight is 475 g/mol. The lowest BCUT2D eigenvalue weighted by molar-refractivity contribution is -0.162. The van der Waals surface area contributed by atoms with Crippen molar-refractivity contribution in [1.29, 1.82) is 0 Å². The number of nitrogens with one attached hydrogen (secondary N) is 1. The van der Waals surface area contributed by atoms with Crippen molar-refractivity contribution in [1.82, 2.24) is 15.0 Å². The van der Waals surface area contributed by atoms with E-state index in [0.717, 1.165) is 5.56 Å². The molecule has 0 unspecified atom stereocenters. The van der Waals surface area contributed by atoms with Crippen LogP contribution in [0.25, 0.3) is 33.5 Å². The van der Waals surface area contributed by atoms with Crippen molar-refractivity contribution in [2.24, 2.45) is 5.41 Å². The number of imidazole rings is 1. The van der Waals surface area contributed by atoms with Gasteiger partial charge in [-0.3, -0.25) is 4.79 Å². The fourth-order valence-corrected chi connectivity index (χ4v) is 5.47. The van der Waals surface area contributed by atoms with Gasteiger partial charge in [0, 0.05) is 17.8 Å². The van der Waals surface area contributed by atoms with Crippen molar-refractivity contribution in [2.75, 3.05) is 0 Å². The van der Waals surface area contributed by atoms with Crippen LogP contribution in [0, 0.1) is 17.0 Å². The van der Waals surface area contributed by atoms with E-state index in [9.17, 15) is 18.7 Å². The number of H-pyrrole nitrogens is 1. The maximum absolute atomic E-state index is 15.0. The lowest BCUT2D eigenvalue weighted by Crippen LogP contribution is -2.52. The molecule has 3 fully saturated rings. The van der Waals surface area contributed by atoms with Crippen LogP contribution in [0.4, 0.5) is 8.78 Å². The molecule has 2 N–H and O–H groups in total. The molecule has 7 rings (SSSR count). The van der Waals surface area contributed by atoms with Crippen LogP contribution in [0.15, 0.2) is 54.7 Å². The number of carboxylic acid groups (broad SMARTS) is 1. The predicted molar refractivity (Wildman–Crippen MR) is 126 cm³/mol. The van der Waals surface area contributed by atoms with Crippen molar-refractivity contribution in [3.8, 4) is 28.4 Å². The highest BCUT2D eigenvalue weighted by Gasteiger charge is 2.54. The number of rotatable bonds is 5. The van der Waals surface area contributed by atoms with Crippen LogP contribution < -0.4 is 4.74 Å². The van der Waals surface area contributed by atoms with E-state index in [-0.39, 0.29) is 22.5 Å². The molecule has 2 aromatic heterocycles. The number of nitrogens with zero attached hydrogens (tertiary/aromatic N) is 2. The molecule has 3 saturated carbocycles. The lowest BCUT2D eigenvalue weighted by Gasteiger charge is -2.50. The molecule has 0 saturated heterocycles. The SMILES string of the molecule is O=C(O)C12CCC(Oc3ccc(-c4ccc(-c5nc6c(F)cccc6[nH]5)c(F)c4)cn3)(CC1)CC2. The Hall–Kier alpha value is -3.81. The Labute approximate surface area is 200 Å². The van der Waals surface area contributed by atoms with Crippen molar-refractivity contribution in [2.45, 2.75) is 44.1 Å². The van der Waals surface area contributed by atoms with Gasteiger partial charge in [0.1, 0.15) is 22.8 Å². The first-order valence-corrected chi connectivity index (χ1v) is 11.7. The second-order valence-corrected chi connectivity index (χ2v) is 9.67. The Morgan fingerprint density at radius 1 is 0.943 bits per heavy atom. The number of pyridine rings is 1. The molecule has 3 aliphatic carbocycles. The molecule has 3 aliphatic rings. The highest BCUT2D eigenvalue weighted by atomic mass is 19.1. The average Bonchev–Trinajstić information content (AvgIpc) is 3.31. The van der Waals surface area contributed by atoms with Gasteiger partial charge < -0.3 is 14.8 Å². The molecule has 0 radical (unpaired) electrons. The second kappa shape index (κ2) is 7.86. The maximum Gasteiger partial charge on any atom is 0.309 e. The van der Waals surface area contributed by atoms with E-state index < -0.39 is 23.0 Å². The summed E-state index contributed by atoms with van der Waals surface area (Å²) >= 11 is 0. The molecule has 0 aliphatic heterocycles. The number of para-hydroxylation sites is 1. The molecule has 0 spiro atoms. The molecule has 8 heteroatoms. The highest BCUT2D eigenvalue weighted by Crippen LogP contribution is 2.53. The fourth-order valence-electron chi connectivity index (χ4n) is 5.47. The summed E-state index contributed by atoms with van der Waals surface area (Å²) in [6.07, 6.45) is 5.66.